The fraction of sp³-hybridized carbons (Fsp3) is 0.636. The molecule has 1 aromatic heterocycles. The summed E-state index contributed by atoms with van der Waals surface area (Å²) in [4.78, 5) is 8.13. The van der Waals surface area contributed by atoms with Crippen LogP contribution >= 0.6 is 0 Å². The van der Waals surface area contributed by atoms with Crippen LogP contribution in [-0.2, 0) is 4.74 Å². The average Bonchev–Trinajstić information content (AvgIpc) is 2.80. The predicted molar refractivity (Wildman–Crippen MR) is 60.7 cm³/mol. The summed E-state index contributed by atoms with van der Waals surface area (Å²) in [6.45, 7) is 4.28. The molecule has 1 aromatic rings. The Bertz CT molecular complexity index is 327. The third kappa shape index (κ3) is 3.06. The van der Waals surface area contributed by atoms with E-state index < -0.39 is 0 Å². The number of ether oxygens (including phenoxy) is 2. The van der Waals surface area contributed by atoms with Crippen LogP contribution < -0.4 is 10.1 Å². The van der Waals surface area contributed by atoms with Crippen molar-refractivity contribution in [1.82, 2.24) is 9.97 Å². The molecular weight excluding hydrogens is 206 g/mol. The minimum atomic E-state index is 0.220. The highest BCUT2D eigenvalue weighted by molar-refractivity contribution is 5.36. The number of rotatable bonds is 5. The molecule has 1 atom stereocenters. The fourth-order valence-corrected chi connectivity index (χ4v) is 1.65. The van der Waals surface area contributed by atoms with Gasteiger partial charge in [-0.05, 0) is 19.8 Å². The van der Waals surface area contributed by atoms with Gasteiger partial charge in [0.15, 0.2) is 0 Å². The Hall–Kier alpha value is -1.36. The smallest absolute Gasteiger partial charge is 0.218 e. The highest BCUT2D eigenvalue weighted by atomic mass is 16.5. The van der Waals surface area contributed by atoms with E-state index in [4.69, 9.17) is 9.47 Å². The van der Waals surface area contributed by atoms with Crippen LogP contribution in [0.25, 0.3) is 0 Å². The van der Waals surface area contributed by atoms with Gasteiger partial charge in [-0.1, -0.05) is 0 Å². The van der Waals surface area contributed by atoms with Crippen LogP contribution in [0.15, 0.2) is 12.4 Å². The molecule has 1 saturated heterocycles. The lowest BCUT2D eigenvalue weighted by Gasteiger charge is -2.11. The monoisotopic (exact) mass is 223 g/mol. The van der Waals surface area contributed by atoms with Crippen LogP contribution in [0.2, 0.25) is 0 Å². The molecule has 0 radical (unpaired) electrons. The Morgan fingerprint density at radius 2 is 2.50 bits per heavy atom. The Morgan fingerprint density at radius 1 is 1.56 bits per heavy atom. The molecule has 0 amide bonds. The van der Waals surface area contributed by atoms with E-state index in [9.17, 15) is 0 Å². The zero-order valence-electron chi connectivity index (χ0n) is 9.48. The Labute approximate surface area is 95.2 Å². The van der Waals surface area contributed by atoms with Gasteiger partial charge in [-0.15, -0.1) is 0 Å². The molecular formula is C11H17N3O2. The third-order valence-electron chi connectivity index (χ3n) is 2.44. The van der Waals surface area contributed by atoms with E-state index in [1.807, 2.05) is 6.92 Å². The maximum atomic E-state index is 5.56. The van der Waals surface area contributed by atoms with Gasteiger partial charge in [0, 0.05) is 19.2 Å². The first-order valence-corrected chi connectivity index (χ1v) is 5.69. The van der Waals surface area contributed by atoms with Gasteiger partial charge in [-0.3, -0.25) is 0 Å². The average molecular weight is 223 g/mol. The Balaban J connectivity index is 1.85. The second-order valence-corrected chi connectivity index (χ2v) is 3.72. The number of nitrogens with zero attached hydrogens (tertiary/aromatic N) is 2. The van der Waals surface area contributed by atoms with Crippen molar-refractivity contribution in [3.05, 3.63) is 12.4 Å². The number of anilines is 1. The van der Waals surface area contributed by atoms with E-state index in [0.29, 0.717) is 12.5 Å². The second kappa shape index (κ2) is 5.65. The molecule has 0 aliphatic carbocycles. The van der Waals surface area contributed by atoms with Crippen molar-refractivity contribution in [2.75, 3.05) is 25.1 Å². The van der Waals surface area contributed by atoms with Gasteiger partial charge < -0.3 is 14.8 Å². The highest BCUT2D eigenvalue weighted by Gasteiger charge is 2.16. The molecule has 88 valence electrons. The van der Waals surface area contributed by atoms with Gasteiger partial charge in [-0.2, -0.15) is 0 Å². The number of aromatic nitrogens is 2. The van der Waals surface area contributed by atoms with E-state index in [1.165, 1.54) is 6.33 Å². The standard InChI is InChI=1S/C11H17N3O2/c1-2-12-10-6-11(14-8-13-10)16-7-9-4-3-5-15-9/h6,8-9H,2-5,7H2,1H3,(H,12,13,14). The molecule has 1 aliphatic heterocycles. The summed E-state index contributed by atoms with van der Waals surface area (Å²) in [7, 11) is 0. The summed E-state index contributed by atoms with van der Waals surface area (Å²) in [5, 5.41) is 3.11. The molecule has 0 aromatic carbocycles. The van der Waals surface area contributed by atoms with Gasteiger partial charge in [0.1, 0.15) is 18.8 Å². The molecule has 1 aliphatic rings. The number of hydrogen-bond donors (Lipinski definition) is 1. The maximum absolute atomic E-state index is 5.56. The lowest BCUT2D eigenvalue weighted by atomic mass is 10.2. The summed E-state index contributed by atoms with van der Waals surface area (Å²) in [6, 6.07) is 1.80. The summed E-state index contributed by atoms with van der Waals surface area (Å²) < 4.78 is 11.0. The number of hydrogen-bond acceptors (Lipinski definition) is 5. The molecule has 1 fully saturated rings. The maximum Gasteiger partial charge on any atom is 0.218 e. The molecule has 16 heavy (non-hydrogen) atoms. The van der Waals surface area contributed by atoms with Gasteiger partial charge in [0.2, 0.25) is 5.88 Å². The van der Waals surface area contributed by atoms with Crippen molar-refractivity contribution in [3.63, 3.8) is 0 Å². The molecule has 1 unspecified atom stereocenters. The predicted octanol–water partition coefficient (Wildman–Crippen LogP) is 1.47. The molecule has 5 heteroatoms. The van der Waals surface area contributed by atoms with Gasteiger partial charge >= 0.3 is 0 Å². The van der Waals surface area contributed by atoms with Crippen LogP contribution in [0.5, 0.6) is 5.88 Å². The first-order chi connectivity index (χ1) is 7.88. The van der Waals surface area contributed by atoms with Crippen LogP contribution in [-0.4, -0.2) is 35.8 Å². The SMILES string of the molecule is CCNc1cc(OCC2CCCO2)ncn1. The second-order valence-electron chi connectivity index (χ2n) is 3.72. The van der Waals surface area contributed by atoms with Crippen LogP contribution in [0.1, 0.15) is 19.8 Å². The minimum absolute atomic E-state index is 0.220. The molecule has 2 rings (SSSR count). The lowest BCUT2D eigenvalue weighted by Crippen LogP contribution is -2.16. The molecule has 2 heterocycles. The summed E-state index contributed by atoms with van der Waals surface area (Å²) in [5.74, 6) is 1.39. The zero-order chi connectivity index (χ0) is 11.2. The first kappa shape index (κ1) is 11.1. The molecule has 0 bridgehead atoms. The molecule has 0 saturated carbocycles. The van der Waals surface area contributed by atoms with Crippen molar-refractivity contribution in [2.24, 2.45) is 0 Å². The lowest BCUT2D eigenvalue weighted by molar-refractivity contribution is 0.0663. The normalized spacial score (nSPS) is 19.7. The van der Waals surface area contributed by atoms with Crippen molar-refractivity contribution in [3.8, 4) is 5.88 Å². The van der Waals surface area contributed by atoms with Crippen LogP contribution in [0.3, 0.4) is 0 Å². The summed E-state index contributed by atoms with van der Waals surface area (Å²) in [6.07, 6.45) is 3.92. The largest absolute Gasteiger partial charge is 0.475 e. The van der Waals surface area contributed by atoms with E-state index >= 15 is 0 Å². The molecule has 1 N–H and O–H groups in total. The highest BCUT2D eigenvalue weighted by Crippen LogP contribution is 2.15. The Kier molecular flexibility index (Phi) is 3.93. The Morgan fingerprint density at radius 3 is 3.25 bits per heavy atom. The van der Waals surface area contributed by atoms with Crippen molar-refractivity contribution >= 4 is 5.82 Å². The zero-order valence-corrected chi connectivity index (χ0v) is 9.48. The fourth-order valence-electron chi connectivity index (χ4n) is 1.65. The van der Waals surface area contributed by atoms with Gasteiger partial charge in [0.05, 0.1) is 6.10 Å². The van der Waals surface area contributed by atoms with Gasteiger partial charge in [-0.25, -0.2) is 9.97 Å². The third-order valence-corrected chi connectivity index (χ3v) is 2.44. The minimum Gasteiger partial charge on any atom is -0.475 e. The molecule has 0 spiro atoms. The van der Waals surface area contributed by atoms with Crippen LogP contribution in [0.4, 0.5) is 5.82 Å². The van der Waals surface area contributed by atoms with Crippen molar-refractivity contribution < 1.29 is 9.47 Å². The summed E-state index contributed by atoms with van der Waals surface area (Å²) >= 11 is 0. The quantitative estimate of drug-likeness (QED) is 0.819. The van der Waals surface area contributed by atoms with E-state index in [1.54, 1.807) is 6.07 Å². The van der Waals surface area contributed by atoms with Gasteiger partial charge in [0.25, 0.3) is 0 Å². The van der Waals surface area contributed by atoms with E-state index in [2.05, 4.69) is 15.3 Å². The topological polar surface area (TPSA) is 56.3 Å². The number of nitrogens with one attached hydrogen (secondary N) is 1. The first-order valence-electron chi connectivity index (χ1n) is 5.69. The van der Waals surface area contributed by atoms with E-state index in [0.717, 1.165) is 31.8 Å². The van der Waals surface area contributed by atoms with Crippen LogP contribution in [0, 0.1) is 0 Å². The van der Waals surface area contributed by atoms with Crippen molar-refractivity contribution in [2.45, 2.75) is 25.9 Å². The van der Waals surface area contributed by atoms with E-state index in [-0.39, 0.29) is 6.10 Å². The van der Waals surface area contributed by atoms with Crippen molar-refractivity contribution in [1.29, 1.82) is 0 Å². The summed E-state index contributed by atoms with van der Waals surface area (Å²) in [5.41, 5.74) is 0. The molecule has 5 nitrogen and oxygen atoms in total.